The van der Waals surface area contributed by atoms with Gasteiger partial charge in [-0.25, -0.2) is 0 Å². The molecule has 18 heavy (non-hydrogen) atoms. The summed E-state index contributed by atoms with van der Waals surface area (Å²) < 4.78 is 5.84. The van der Waals surface area contributed by atoms with Crippen molar-refractivity contribution in [3.63, 3.8) is 0 Å². The molecule has 0 bridgehead atoms. The van der Waals surface area contributed by atoms with E-state index in [2.05, 4.69) is 0 Å². The summed E-state index contributed by atoms with van der Waals surface area (Å²) in [5.74, 6) is -0.438. The smallest absolute Gasteiger partial charge is 0.235 e. The van der Waals surface area contributed by atoms with Gasteiger partial charge in [0, 0.05) is 17.5 Å². The molecule has 1 aliphatic heterocycles. The zero-order chi connectivity index (χ0) is 12.6. The van der Waals surface area contributed by atoms with Crippen LogP contribution in [0.5, 0.6) is 5.75 Å². The quantitative estimate of drug-likeness (QED) is 0.867. The largest absolute Gasteiger partial charge is 0.458 e. The highest BCUT2D eigenvalue weighted by atomic mass is 16.6. The lowest BCUT2D eigenvalue weighted by molar-refractivity contribution is -0.153. The van der Waals surface area contributed by atoms with E-state index in [-0.39, 0.29) is 0 Å². The summed E-state index contributed by atoms with van der Waals surface area (Å²) in [4.78, 5) is 0. The molecule has 1 unspecified atom stereocenters. The second-order valence-electron chi connectivity index (χ2n) is 4.68. The van der Waals surface area contributed by atoms with Gasteiger partial charge in [-0.15, -0.1) is 0 Å². The maximum absolute atomic E-state index is 10.7. The van der Waals surface area contributed by atoms with Crippen LogP contribution in [0, 0.1) is 0 Å². The molecule has 2 nitrogen and oxygen atoms in total. The average Bonchev–Trinajstić information content (AvgIpc) is 2.39. The molecule has 0 saturated heterocycles. The summed E-state index contributed by atoms with van der Waals surface area (Å²) in [6.45, 7) is 2.05. The molecule has 2 heteroatoms. The van der Waals surface area contributed by atoms with Crippen LogP contribution in [-0.4, -0.2) is 5.11 Å². The lowest BCUT2D eigenvalue weighted by Crippen LogP contribution is -2.35. The van der Waals surface area contributed by atoms with Gasteiger partial charge in [-0.3, -0.25) is 0 Å². The summed E-state index contributed by atoms with van der Waals surface area (Å²) in [5.41, 5.74) is 2.98. The van der Waals surface area contributed by atoms with Gasteiger partial charge in [-0.05, 0) is 18.1 Å². The van der Waals surface area contributed by atoms with Gasteiger partial charge in [0.2, 0.25) is 5.79 Å². The summed E-state index contributed by atoms with van der Waals surface area (Å²) in [6, 6.07) is 15.8. The number of hydrogen-bond donors (Lipinski definition) is 1. The average molecular weight is 240 g/mol. The normalized spacial score (nSPS) is 20.8. The van der Waals surface area contributed by atoms with Crippen LogP contribution in [-0.2, 0) is 5.79 Å². The van der Waals surface area contributed by atoms with E-state index < -0.39 is 5.79 Å². The summed E-state index contributed by atoms with van der Waals surface area (Å²) in [5, 5.41) is 10.7. The first-order valence-corrected chi connectivity index (χ1v) is 6.35. The standard InChI is InChI=1S/C16H16O2/c1-2-11-16(17)14-9-5-3-7-12(14)13-8-4-6-10-15(13)18-16/h3-10,17H,2,11H2,1H3. The zero-order valence-corrected chi connectivity index (χ0v) is 10.4. The van der Waals surface area contributed by atoms with Crippen LogP contribution < -0.4 is 4.74 Å². The van der Waals surface area contributed by atoms with Crippen molar-refractivity contribution in [1.29, 1.82) is 0 Å². The Bertz CT molecular complexity index is 577. The van der Waals surface area contributed by atoms with E-state index in [0.717, 1.165) is 28.9 Å². The Morgan fingerprint density at radius 1 is 1.00 bits per heavy atom. The van der Waals surface area contributed by atoms with E-state index in [9.17, 15) is 5.11 Å². The lowest BCUT2D eigenvalue weighted by atomic mass is 9.89. The molecule has 0 fully saturated rings. The van der Waals surface area contributed by atoms with Crippen molar-refractivity contribution in [3.8, 4) is 16.9 Å². The van der Waals surface area contributed by atoms with E-state index in [1.54, 1.807) is 0 Å². The summed E-state index contributed by atoms with van der Waals surface area (Å²) in [7, 11) is 0. The molecule has 2 aromatic rings. The fourth-order valence-corrected chi connectivity index (χ4v) is 2.60. The molecule has 0 radical (unpaired) electrons. The number of para-hydroxylation sites is 1. The van der Waals surface area contributed by atoms with Crippen LogP contribution in [0.4, 0.5) is 0 Å². The minimum absolute atomic E-state index is 0.596. The maximum Gasteiger partial charge on any atom is 0.235 e. The fourth-order valence-electron chi connectivity index (χ4n) is 2.60. The molecule has 92 valence electrons. The third-order valence-corrected chi connectivity index (χ3v) is 3.39. The van der Waals surface area contributed by atoms with Crippen molar-refractivity contribution in [2.24, 2.45) is 0 Å². The highest BCUT2D eigenvalue weighted by Crippen LogP contribution is 2.45. The van der Waals surface area contributed by atoms with Crippen molar-refractivity contribution in [3.05, 3.63) is 54.1 Å². The number of aliphatic hydroxyl groups is 1. The van der Waals surface area contributed by atoms with Crippen molar-refractivity contribution >= 4 is 0 Å². The van der Waals surface area contributed by atoms with Crippen LogP contribution in [0.1, 0.15) is 25.3 Å². The molecule has 0 spiro atoms. The minimum atomic E-state index is -1.19. The molecule has 0 aliphatic carbocycles. The van der Waals surface area contributed by atoms with Gasteiger partial charge in [-0.2, -0.15) is 0 Å². The molecule has 3 rings (SSSR count). The van der Waals surface area contributed by atoms with Crippen LogP contribution >= 0.6 is 0 Å². The SMILES string of the molecule is CCCC1(O)Oc2ccccc2-c2ccccc21. The second-order valence-corrected chi connectivity index (χ2v) is 4.68. The number of rotatable bonds is 2. The first-order valence-electron chi connectivity index (χ1n) is 6.35. The zero-order valence-electron chi connectivity index (χ0n) is 10.4. The third kappa shape index (κ3) is 1.61. The molecule has 0 aromatic heterocycles. The highest BCUT2D eigenvalue weighted by molar-refractivity contribution is 5.76. The second kappa shape index (κ2) is 4.14. The number of hydrogen-bond acceptors (Lipinski definition) is 2. The Morgan fingerprint density at radius 3 is 2.44 bits per heavy atom. The van der Waals surface area contributed by atoms with Crippen molar-refractivity contribution in [2.75, 3.05) is 0 Å². The molecular formula is C16H16O2. The Labute approximate surface area is 107 Å². The molecule has 1 aliphatic rings. The first-order chi connectivity index (χ1) is 8.74. The maximum atomic E-state index is 10.7. The predicted molar refractivity (Wildman–Crippen MR) is 71.3 cm³/mol. The number of ether oxygens (including phenoxy) is 1. The Kier molecular flexibility index (Phi) is 2.60. The Hall–Kier alpha value is -1.80. The highest BCUT2D eigenvalue weighted by Gasteiger charge is 2.37. The van der Waals surface area contributed by atoms with E-state index in [0.29, 0.717) is 6.42 Å². The van der Waals surface area contributed by atoms with Crippen LogP contribution in [0.3, 0.4) is 0 Å². The third-order valence-electron chi connectivity index (χ3n) is 3.39. The van der Waals surface area contributed by atoms with Crippen molar-refractivity contribution in [1.82, 2.24) is 0 Å². The molecule has 0 saturated carbocycles. The first kappa shape index (κ1) is 11.3. The van der Waals surface area contributed by atoms with Gasteiger partial charge in [0.1, 0.15) is 5.75 Å². The van der Waals surface area contributed by atoms with Gasteiger partial charge in [0.05, 0.1) is 0 Å². The lowest BCUT2D eigenvalue weighted by Gasteiger charge is -2.35. The van der Waals surface area contributed by atoms with Crippen LogP contribution in [0.25, 0.3) is 11.1 Å². The van der Waals surface area contributed by atoms with Gasteiger partial charge < -0.3 is 9.84 Å². The van der Waals surface area contributed by atoms with Gasteiger partial charge in [-0.1, -0.05) is 49.4 Å². The molecular weight excluding hydrogens is 224 g/mol. The molecule has 1 heterocycles. The summed E-state index contributed by atoms with van der Waals surface area (Å²) >= 11 is 0. The van der Waals surface area contributed by atoms with E-state index in [4.69, 9.17) is 4.74 Å². The molecule has 0 amide bonds. The van der Waals surface area contributed by atoms with Crippen molar-refractivity contribution in [2.45, 2.75) is 25.6 Å². The van der Waals surface area contributed by atoms with E-state index in [1.165, 1.54) is 0 Å². The van der Waals surface area contributed by atoms with Gasteiger partial charge in [0.25, 0.3) is 0 Å². The van der Waals surface area contributed by atoms with E-state index >= 15 is 0 Å². The van der Waals surface area contributed by atoms with E-state index in [1.807, 2.05) is 55.5 Å². The minimum Gasteiger partial charge on any atom is -0.458 e. The van der Waals surface area contributed by atoms with Crippen molar-refractivity contribution < 1.29 is 9.84 Å². The molecule has 1 atom stereocenters. The predicted octanol–water partition coefficient (Wildman–Crippen LogP) is 3.69. The van der Waals surface area contributed by atoms with Crippen LogP contribution in [0.15, 0.2) is 48.5 Å². The summed E-state index contributed by atoms with van der Waals surface area (Å²) in [6.07, 6.45) is 1.46. The molecule has 1 N–H and O–H groups in total. The molecule has 2 aromatic carbocycles. The fraction of sp³-hybridized carbons (Fsp3) is 0.250. The van der Waals surface area contributed by atoms with Gasteiger partial charge >= 0.3 is 0 Å². The number of benzene rings is 2. The number of fused-ring (bicyclic) bond motifs is 3. The monoisotopic (exact) mass is 240 g/mol. The Balaban J connectivity index is 2.23. The van der Waals surface area contributed by atoms with Crippen LogP contribution in [0.2, 0.25) is 0 Å². The Morgan fingerprint density at radius 2 is 1.67 bits per heavy atom. The van der Waals surface area contributed by atoms with Gasteiger partial charge in [0.15, 0.2) is 0 Å². The topological polar surface area (TPSA) is 29.5 Å².